The fraction of sp³-hybridized carbons (Fsp3) is 0.467. The summed E-state index contributed by atoms with van der Waals surface area (Å²) in [7, 11) is 1.44. The number of benzene rings is 3. The topological polar surface area (TPSA) is 30.9 Å². The van der Waals surface area contributed by atoms with Gasteiger partial charge in [-0.1, -0.05) is 61.5 Å². The van der Waals surface area contributed by atoms with Gasteiger partial charge < -0.3 is 14.0 Å². The molecule has 0 radical (unpaired) electrons. The maximum absolute atomic E-state index is 6.31. The fourth-order valence-corrected chi connectivity index (χ4v) is 4.81. The van der Waals surface area contributed by atoms with E-state index >= 15 is 0 Å². The van der Waals surface area contributed by atoms with Crippen molar-refractivity contribution in [3.8, 4) is 0 Å². The number of ether oxygens (including phenoxy) is 1. The van der Waals surface area contributed by atoms with E-state index in [9.17, 15) is 0 Å². The Kier molecular flexibility index (Phi) is 7.73. The van der Waals surface area contributed by atoms with E-state index in [1.54, 1.807) is 7.11 Å². The van der Waals surface area contributed by atoms with Gasteiger partial charge in [-0.3, -0.25) is 4.90 Å². The third-order valence-electron chi connectivity index (χ3n) is 7.80. The Labute approximate surface area is 211 Å². The Morgan fingerprint density at radius 1 is 0.886 bits per heavy atom. The van der Waals surface area contributed by atoms with Crippen LogP contribution in [0.4, 0.5) is 0 Å². The van der Waals surface area contributed by atoms with Gasteiger partial charge in [0.05, 0.1) is 17.8 Å². The predicted octanol–water partition coefficient (Wildman–Crippen LogP) is 5.66. The molecule has 0 spiro atoms. The Balaban J connectivity index is 1.59. The smallest absolute Gasteiger partial charge is 0.399 e. The van der Waals surface area contributed by atoms with Crippen molar-refractivity contribution in [3.05, 3.63) is 76.9 Å². The number of hydrogen-bond donors (Lipinski definition) is 0. The maximum atomic E-state index is 6.31. The molecule has 0 unspecified atom stereocenters. The molecule has 3 aromatic rings. The quantitative estimate of drug-likeness (QED) is 0.376. The normalized spacial score (nSPS) is 17.0. The first-order valence-electron chi connectivity index (χ1n) is 12.8. The van der Waals surface area contributed by atoms with Crippen LogP contribution in [-0.2, 0) is 33.6 Å². The summed E-state index contributed by atoms with van der Waals surface area (Å²) in [4.78, 5) is 2.50. The van der Waals surface area contributed by atoms with Crippen LogP contribution >= 0.6 is 0 Å². The van der Waals surface area contributed by atoms with E-state index < -0.39 is 0 Å². The third-order valence-corrected chi connectivity index (χ3v) is 7.80. The van der Waals surface area contributed by atoms with E-state index in [1.165, 1.54) is 33.0 Å². The lowest BCUT2D eigenvalue weighted by atomic mass is 9.77. The first-order valence-corrected chi connectivity index (χ1v) is 12.8. The Hall–Kier alpha value is -2.18. The van der Waals surface area contributed by atoms with Crippen molar-refractivity contribution in [2.45, 2.75) is 72.3 Å². The van der Waals surface area contributed by atoms with Gasteiger partial charge in [0.1, 0.15) is 0 Å². The highest BCUT2D eigenvalue weighted by Gasteiger charge is 2.51. The summed E-state index contributed by atoms with van der Waals surface area (Å²) in [5.74, 6) is 0. The van der Waals surface area contributed by atoms with Crippen molar-refractivity contribution in [1.82, 2.24) is 4.90 Å². The molecule has 0 aliphatic carbocycles. The molecule has 1 saturated heterocycles. The summed E-state index contributed by atoms with van der Waals surface area (Å²) in [6, 6.07) is 19.8. The molecule has 1 heterocycles. The molecule has 4 nitrogen and oxygen atoms in total. The summed E-state index contributed by atoms with van der Waals surface area (Å²) in [6.07, 6.45) is 0.966. The van der Waals surface area contributed by atoms with Crippen LogP contribution in [0.1, 0.15) is 56.9 Å². The van der Waals surface area contributed by atoms with Crippen molar-refractivity contribution in [3.63, 3.8) is 0 Å². The SMILES string of the molecule is CCc1cc(B2OC(C)(C)C(C)(C)O2)ccc1CN(CCOC)Cc1c(C)ccc2ccccc12. The number of methoxy groups -OCH3 is 1. The van der Waals surface area contributed by atoms with E-state index in [-0.39, 0.29) is 18.3 Å². The van der Waals surface area contributed by atoms with Crippen LogP contribution in [0.15, 0.2) is 54.6 Å². The number of nitrogens with zero attached hydrogens (tertiary/aromatic N) is 1. The van der Waals surface area contributed by atoms with Crippen LogP contribution in [-0.4, -0.2) is 43.5 Å². The highest BCUT2D eigenvalue weighted by atomic mass is 16.7. The predicted molar refractivity (Wildman–Crippen MR) is 146 cm³/mol. The van der Waals surface area contributed by atoms with Crippen molar-refractivity contribution in [1.29, 1.82) is 0 Å². The van der Waals surface area contributed by atoms with Gasteiger partial charge in [0.25, 0.3) is 0 Å². The minimum atomic E-state index is -0.337. The summed E-state index contributed by atoms with van der Waals surface area (Å²) >= 11 is 0. The van der Waals surface area contributed by atoms with Crippen molar-refractivity contribution < 1.29 is 14.0 Å². The molecular weight excluding hydrogens is 433 g/mol. The summed E-state index contributed by atoms with van der Waals surface area (Å²) in [5.41, 5.74) is 5.84. The minimum absolute atomic E-state index is 0.331. The third kappa shape index (κ3) is 5.49. The second-order valence-corrected chi connectivity index (χ2v) is 10.8. The van der Waals surface area contributed by atoms with E-state index in [4.69, 9.17) is 14.0 Å². The van der Waals surface area contributed by atoms with E-state index in [0.717, 1.165) is 31.5 Å². The molecule has 0 bridgehead atoms. The van der Waals surface area contributed by atoms with E-state index in [1.807, 2.05) is 0 Å². The largest absolute Gasteiger partial charge is 0.494 e. The van der Waals surface area contributed by atoms with Crippen molar-refractivity contribution >= 4 is 23.4 Å². The van der Waals surface area contributed by atoms with Gasteiger partial charge in [0.15, 0.2) is 0 Å². The lowest BCUT2D eigenvalue weighted by Gasteiger charge is -2.32. The van der Waals surface area contributed by atoms with Gasteiger partial charge in [0.2, 0.25) is 0 Å². The number of rotatable bonds is 9. The minimum Gasteiger partial charge on any atom is -0.399 e. The van der Waals surface area contributed by atoms with Gasteiger partial charge in [0, 0.05) is 26.7 Å². The fourth-order valence-electron chi connectivity index (χ4n) is 4.81. The van der Waals surface area contributed by atoms with Gasteiger partial charge in [-0.05, 0) is 79.5 Å². The van der Waals surface area contributed by atoms with E-state index in [0.29, 0.717) is 6.61 Å². The highest BCUT2D eigenvalue weighted by molar-refractivity contribution is 6.62. The molecule has 186 valence electrons. The van der Waals surface area contributed by atoms with Gasteiger partial charge in [-0.2, -0.15) is 0 Å². The number of fused-ring (bicyclic) bond motifs is 1. The van der Waals surface area contributed by atoms with Gasteiger partial charge in [-0.25, -0.2) is 0 Å². The molecule has 5 heteroatoms. The Bertz CT molecular complexity index is 1160. The number of hydrogen-bond acceptors (Lipinski definition) is 4. The average Bonchev–Trinajstić information content (AvgIpc) is 3.06. The molecule has 0 N–H and O–H groups in total. The first kappa shape index (κ1) is 25.9. The summed E-state index contributed by atoms with van der Waals surface area (Å²) in [6.45, 7) is 16.2. The molecule has 0 atom stereocenters. The highest BCUT2D eigenvalue weighted by Crippen LogP contribution is 2.36. The molecule has 0 saturated carbocycles. The zero-order valence-corrected chi connectivity index (χ0v) is 22.5. The molecule has 35 heavy (non-hydrogen) atoms. The zero-order chi connectivity index (χ0) is 25.2. The standard InChI is InChI=1S/C30H40BNO3/c1-8-23-19-26(31-34-29(3,4)30(5,6)35-31)16-15-25(23)20-32(17-18-33-7)21-28-22(2)13-14-24-11-9-10-12-27(24)28/h9-16,19H,8,17-18,20-21H2,1-7H3. The Morgan fingerprint density at radius 2 is 1.60 bits per heavy atom. The molecule has 1 fully saturated rings. The van der Waals surface area contributed by atoms with Crippen LogP contribution in [0.25, 0.3) is 10.8 Å². The summed E-state index contributed by atoms with van der Waals surface area (Å²) < 4.78 is 18.1. The lowest BCUT2D eigenvalue weighted by molar-refractivity contribution is 0.00578. The van der Waals surface area contributed by atoms with Crippen LogP contribution < -0.4 is 5.46 Å². The second kappa shape index (κ2) is 10.4. The molecular formula is C30H40BNO3. The van der Waals surface area contributed by atoms with Crippen LogP contribution in [0, 0.1) is 6.92 Å². The van der Waals surface area contributed by atoms with Crippen molar-refractivity contribution in [2.75, 3.05) is 20.3 Å². The van der Waals surface area contributed by atoms with Crippen molar-refractivity contribution in [2.24, 2.45) is 0 Å². The first-order chi connectivity index (χ1) is 16.6. The van der Waals surface area contributed by atoms with Crippen LogP contribution in [0.2, 0.25) is 0 Å². The monoisotopic (exact) mass is 473 g/mol. The molecule has 1 aliphatic heterocycles. The van der Waals surface area contributed by atoms with Gasteiger partial charge >= 0.3 is 7.12 Å². The van der Waals surface area contributed by atoms with Crippen LogP contribution in [0.5, 0.6) is 0 Å². The Morgan fingerprint density at radius 3 is 2.29 bits per heavy atom. The van der Waals surface area contributed by atoms with Gasteiger partial charge in [-0.15, -0.1) is 0 Å². The molecule has 0 aromatic heterocycles. The maximum Gasteiger partial charge on any atom is 0.494 e. The average molecular weight is 473 g/mol. The van der Waals surface area contributed by atoms with Crippen LogP contribution in [0.3, 0.4) is 0 Å². The zero-order valence-electron chi connectivity index (χ0n) is 22.5. The summed E-state index contributed by atoms with van der Waals surface area (Å²) in [5, 5.41) is 2.63. The molecule has 1 aliphatic rings. The molecule has 4 rings (SSSR count). The number of aryl methyl sites for hydroxylation is 2. The second-order valence-electron chi connectivity index (χ2n) is 10.8. The molecule has 0 amide bonds. The van der Waals surface area contributed by atoms with E-state index in [2.05, 4.69) is 101 Å². The lowest BCUT2D eigenvalue weighted by Crippen LogP contribution is -2.41. The molecule has 3 aromatic carbocycles.